The Morgan fingerprint density at radius 1 is 1.18 bits per heavy atom. The van der Waals surface area contributed by atoms with E-state index in [9.17, 15) is 14.4 Å². The minimum atomic E-state index is -0.439. The lowest BCUT2D eigenvalue weighted by Crippen LogP contribution is -2.51. The van der Waals surface area contributed by atoms with Gasteiger partial charge in [0.1, 0.15) is 0 Å². The number of nitrogens with one attached hydrogen (secondary N) is 1. The molecule has 1 aliphatic rings. The van der Waals surface area contributed by atoms with Crippen LogP contribution in [0.4, 0.5) is 0 Å². The fraction of sp³-hybridized carbons (Fsp3) is 0.550. The zero-order valence-corrected chi connectivity index (χ0v) is 16.5. The van der Waals surface area contributed by atoms with Crippen LogP contribution in [0.3, 0.4) is 0 Å². The second-order valence-corrected chi connectivity index (χ2v) is 7.27. The van der Waals surface area contributed by atoms with Gasteiger partial charge in [0.25, 0.3) is 0 Å². The number of piperazine rings is 1. The van der Waals surface area contributed by atoms with Crippen LogP contribution >= 0.6 is 0 Å². The fourth-order valence-corrected chi connectivity index (χ4v) is 3.37. The van der Waals surface area contributed by atoms with Gasteiger partial charge in [0.2, 0.25) is 11.8 Å². The van der Waals surface area contributed by atoms with E-state index in [0.717, 1.165) is 6.42 Å². The van der Waals surface area contributed by atoms with Crippen molar-refractivity contribution < 1.29 is 14.0 Å². The maximum atomic E-state index is 12.5. The highest BCUT2D eigenvalue weighted by atomic mass is 16.4. The van der Waals surface area contributed by atoms with Crippen LogP contribution in [0.15, 0.2) is 33.5 Å². The molecular formula is C20H28N4O4. The first-order chi connectivity index (χ1) is 13.5. The third kappa shape index (κ3) is 4.81. The van der Waals surface area contributed by atoms with Gasteiger partial charge in [-0.15, -0.1) is 0 Å². The predicted molar refractivity (Wildman–Crippen MR) is 106 cm³/mol. The molecule has 2 amide bonds. The number of nitrogens with zero attached hydrogens (tertiary/aromatic N) is 3. The first kappa shape index (κ1) is 20.1. The Balaban J connectivity index is 1.47. The van der Waals surface area contributed by atoms with Crippen molar-refractivity contribution in [3.05, 3.63) is 34.8 Å². The van der Waals surface area contributed by atoms with E-state index in [4.69, 9.17) is 4.42 Å². The van der Waals surface area contributed by atoms with E-state index in [2.05, 4.69) is 10.2 Å². The number of hydrogen-bond donors (Lipinski definition) is 1. The van der Waals surface area contributed by atoms with Gasteiger partial charge in [-0.05, 0) is 25.5 Å². The number of oxazole rings is 1. The van der Waals surface area contributed by atoms with E-state index in [1.807, 2.05) is 32.0 Å². The average molecular weight is 388 g/mol. The number of carbonyl (C=O) groups excluding carboxylic acids is 2. The van der Waals surface area contributed by atoms with Crippen molar-refractivity contribution in [2.45, 2.75) is 39.3 Å². The van der Waals surface area contributed by atoms with Gasteiger partial charge in [-0.25, -0.2) is 4.79 Å². The molecule has 1 unspecified atom stereocenters. The lowest BCUT2D eigenvalue weighted by atomic mass is 10.2. The molecular weight excluding hydrogens is 360 g/mol. The van der Waals surface area contributed by atoms with Gasteiger partial charge >= 0.3 is 5.76 Å². The molecule has 1 N–H and O–H groups in total. The monoisotopic (exact) mass is 388 g/mol. The lowest BCUT2D eigenvalue weighted by Gasteiger charge is -2.34. The molecule has 1 aliphatic heterocycles. The number of amides is 2. The van der Waals surface area contributed by atoms with Gasteiger partial charge in [0.05, 0.1) is 12.1 Å². The number of fused-ring (bicyclic) bond motifs is 1. The molecule has 0 spiro atoms. The second-order valence-electron chi connectivity index (χ2n) is 7.27. The van der Waals surface area contributed by atoms with E-state index in [1.54, 1.807) is 11.0 Å². The van der Waals surface area contributed by atoms with E-state index in [-0.39, 0.29) is 24.3 Å². The fourth-order valence-electron chi connectivity index (χ4n) is 3.37. The summed E-state index contributed by atoms with van der Waals surface area (Å²) in [5.41, 5.74) is 1.24. The highest BCUT2D eigenvalue weighted by Gasteiger charge is 2.23. The molecule has 0 saturated carbocycles. The highest BCUT2D eigenvalue weighted by molar-refractivity contribution is 5.79. The Morgan fingerprint density at radius 2 is 1.89 bits per heavy atom. The minimum absolute atomic E-state index is 0.0147. The summed E-state index contributed by atoms with van der Waals surface area (Å²) in [6, 6.07) is 7.38. The van der Waals surface area contributed by atoms with Gasteiger partial charge in [0, 0.05) is 45.2 Å². The number of carbonyl (C=O) groups is 2. The summed E-state index contributed by atoms with van der Waals surface area (Å²) < 4.78 is 6.70. The van der Waals surface area contributed by atoms with E-state index < -0.39 is 5.76 Å². The molecule has 28 heavy (non-hydrogen) atoms. The van der Waals surface area contributed by atoms with E-state index in [1.165, 1.54) is 4.57 Å². The quantitative estimate of drug-likeness (QED) is 0.766. The Labute approximate surface area is 164 Å². The van der Waals surface area contributed by atoms with Gasteiger partial charge in [-0.3, -0.25) is 19.1 Å². The molecule has 1 saturated heterocycles. The maximum Gasteiger partial charge on any atom is 0.419 e. The molecule has 1 aromatic heterocycles. The standard InChI is InChI=1S/C20H28N4O4/c1-3-15(2)21-18(25)14-22-10-12-23(13-11-22)19(26)8-9-24-16-6-4-5-7-17(16)28-20(24)27/h4-7,15H,3,8-14H2,1-2H3,(H,21,25). The smallest absolute Gasteiger partial charge is 0.408 e. The number of aromatic nitrogens is 1. The normalized spacial score (nSPS) is 16.3. The largest absolute Gasteiger partial charge is 0.419 e. The van der Waals surface area contributed by atoms with Gasteiger partial charge < -0.3 is 14.6 Å². The summed E-state index contributed by atoms with van der Waals surface area (Å²) >= 11 is 0. The first-order valence-electron chi connectivity index (χ1n) is 9.85. The summed E-state index contributed by atoms with van der Waals surface area (Å²) in [5.74, 6) is -0.396. The SMILES string of the molecule is CCC(C)NC(=O)CN1CCN(C(=O)CCn2c(=O)oc3ccccc32)CC1. The third-order valence-corrected chi connectivity index (χ3v) is 5.23. The molecule has 0 aliphatic carbocycles. The Bertz CT molecular complexity index is 880. The van der Waals surface area contributed by atoms with Crippen molar-refractivity contribution >= 4 is 22.9 Å². The topological polar surface area (TPSA) is 87.8 Å². The third-order valence-electron chi connectivity index (χ3n) is 5.23. The lowest BCUT2D eigenvalue weighted by molar-refractivity contribution is -0.133. The highest BCUT2D eigenvalue weighted by Crippen LogP contribution is 2.13. The van der Waals surface area contributed by atoms with Gasteiger partial charge in [0.15, 0.2) is 5.58 Å². The van der Waals surface area contributed by atoms with Crippen LogP contribution in [0.2, 0.25) is 0 Å². The summed E-state index contributed by atoms with van der Waals surface area (Å²) in [6.07, 6.45) is 1.15. The number of rotatable bonds is 7. The van der Waals surface area contributed by atoms with E-state index >= 15 is 0 Å². The molecule has 1 fully saturated rings. The average Bonchev–Trinajstić information content (AvgIpc) is 3.01. The molecule has 0 radical (unpaired) electrons. The number of benzene rings is 1. The molecule has 0 bridgehead atoms. The Morgan fingerprint density at radius 3 is 2.61 bits per heavy atom. The van der Waals surface area contributed by atoms with Crippen molar-refractivity contribution in [1.29, 1.82) is 0 Å². The molecule has 8 heteroatoms. The summed E-state index contributed by atoms with van der Waals surface area (Å²) in [4.78, 5) is 40.4. The van der Waals surface area contributed by atoms with Crippen molar-refractivity contribution in [1.82, 2.24) is 19.7 Å². The van der Waals surface area contributed by atoms with Crippen molar-refractivity contribution in [2.75, 3.05) is 32.7 Å². The van der Waals surface area contributed by atoms with Crippen molar-refractivity contribution in [2.24, 2.45) is 0 Å². The zero-order chi connectivity index (χ0) is 20.1. The van der Waals surface area contributed by atoms with Gasteiger partial charge in [-0.2, -0.15) is 0 Å². The van der Waals surface area contributed by atoms with Crippen LogP contribution < -0.4 is 11.1 Å². The van der Waals surface area contributed by atoms with Crippen molar-refractivity contribution in [3.63, 3.8) is 0 Å². The second kappa shape index (κ2) is 9.05. The first-order valence-corrected chi connectivity index (χ1v) is 9.85. The van der Waals surface area contributed by atoms with Crippen LogP contribution in [-0.2, 0) is 16.1 Å². The Hall–Kier alpha value is -2.61. The predicted octanol–water partition coefficient (Wildman–Crippen LogP) is 1.04. The molecule has 1 atom stereocenters. The van der Waals surface area contributed by atoms with E-state index in [0.29, 0.717) is 50.4 Å². The van der Waals surface area contributed by atoms with Crippen LogP contribution in [0.5, 0.6) is 0 Å². The summed E-state index contributed by atoms with van der Waals surface area (Å²) in [6.45, 7) is 7.23. The van der Waals surface area contributed by atoms with Crippen LogP contribution in [0.1, 0.15) is 26.7 Å². The van der Waals surface area contributed by atoms with Gasteiger partial charge in [-0.1, -0.05) is 19.1 Å². The molecule has 2 heterocycles. The summed E-state index contributed by atoms with van der Waals surface area (Å²) in [5, 5.41) is 2.96. The van der Waals surface area contributed by atoms with Crippen LogP contribution in [-0.4, -0.2) is 64.9 Å². The molecule has 8 nitrogen and oxygen atoms in total. The zero-order valence-electron chi connectivity index (χ0n) is 16.5. The molecule has 3 rings (SSSR count). The summed E-state index contributed by atoms with van der Waals surface area (Å²) in [7, 11) is 0. The molecule has 1 aromatic carbocycles. The minimum Gasteiger partial charge on any atom is -0.408 e. The maximum absolute atomic E-state index is 12.5. The molecule has 2 aromatic rings. The van der Waals surface area contributed by atoms with Crippen molar-refractivity contribution in [3.8, 4) is 0 Å². The molecule has 152 valence electrons. The van der Waals surface area contributed by atoms with Crippen LogP contribution in [0, 0.1) is 0 Å². The Kier molecular flexibility index (Phi) is 6.51. The number of aryl methyl sites for hydroxylation is 1. The van der Waals surface area contributed by atoms with Crippen LogP contribution in [0.25, 0.3) is 11.1 Å². The number of hydrogen-bond acceptors (Lipinski definition) is 5. The number of para-hydroxylation sites is 2.